The fourth-order valence-electron chi connectivity index (χ4n) is 3.52. The number of thioether (sulfide) groups is 1. The van der Waals surface area contributed by atoms with Crippen molar-refractivity contribution in [1.82, 2.24) is 4.90 Å². The average Bonchev–Trinajstić information content (AvgIpc) is 3.18. The summed E-state index contributed by atoms with van der Waals surface area (Å²) in [5, 5.41) is 2.49. The van der Waals surface area contributed by atoms with Crippen LogP contribution in [0.4, 0.5) is 15.8 Å². The van der Waals surface area contributed by atoms with Gasteiger partial charge < -0.3 is 5.32 Å². The minimum atomic E-state index is -0.565. The van der Waals surface area contributed by atoms with Crippen LogP contribution in [0.3, 0.4) is 0 Å². The molecule has 6 nitrogen and oxygen atoms in total. The number of nitrogens with zero attached hydrogens (tertiary/aromatic N) is 2. The number of carbonyl (C=O) groups is 3. The molecule has 0 spiro atoms. The number of hydrogen-bond acceptors (Lipinski definition) is 5. The van der Waals surface area contributed by atoms with Gasteiger partial charge in [-0.3, -0.25) is 24.2 Å². The predicted molar refractivity (Wildman–Crippen MR) is 123 cm³/mol. The van der Waals surface area contributed by atoms with E-state index in [-0.39, 0.29) is 28.6 Å². The Kier molecular flexibility index (Phi) is 5.88. The molecule has 0 aliphatic carbocycles. The molecular weight excluding hydrogens is 437 g/mol. The van der Waals surface area contributed by atoms with Gasteiger partial charge in [0.2, 0.25) is 5.91 Å². The van der Waals surface area contributed by atoms with Gasteiger partial charge in [0.25, 0.3) is 11.8 Å². The SMILES string of the molecule is CCCN1C(=O)/C(=C2\C(=O)N(CC(=O)Nc3ccccc3F)c3ccccc32)SC1=S. The summed E-state index contributed by atoms with van der Waals surface area (Å²) in [6.45, 7) is 2.10. The van der Waals surface area contributed by atoms with E-state index in [1.165, 1.54) is 28.0 Å². The van der Waals surface area contributed by atoms with Gasteiger partial charge in [-0.1, -0.05) is 61.2 Å². The third-order valence-corrected chi connectivity index (χ3v) is 6.34. The van der Waals surface area contributed by atoms with E-state index in [2.05, 4.69) is 5.32 Å². The van der Waals surface area contributed by atoms with Crippen molar-refractivity contribution in [3.8, 4) is 0 Å². The second-order valence-corrected chi connectivity index (χ2v) is 8.61. The van der Waals surface area contributed by atoms with Crippen LogP contribution in [0.15, 0.2) is 53.4 Å². The molecule has 2 aromatic carbocycles. The largest absolute Gasteiger partial charge is 0.322 e. The van der Waals surface area contributed by atoms with Gasteiger partial charge in [-0.15, -0.1) is 0 Å². The van der Waals surface area contributed by atoms with Crippen LogP contribution < -0.4 is 10.2 Å². The number of nitrogens with one attached hydrogen (secondary N) is 1. The molecule has 2 heterocycles. The molecule has 0 radical (unpaired) electrons. The smallest absolute Gasteiger partial charge is 0.267 e. The van der Waals surface area contributed by atoms with Crippen LogP contribution in [0.2, 0.25) is 0 Å². The molecule has 2 aliphatic rings. The highest BCUT2D eigenvalue weighted by atomic mass is 32.2. The lowest BCUT2D eigenvalue weighted by Crippen LogP contribution is -2.35. The van der Waals surface area contributed by atoms with E-state index >= 15 is 0 Å². The number of rotatable bonds is 5. The van der Waals surface area contributed by atoms with Crippen molar-refractivity contribution in [3.63, 3.8) is 0 Å². The summed E-state index contributed by atoms with van der Waals surface area (Å²) in [4.78, 5) is 41.9. The monoisotopic (exact) mass is 455 g/mol. The maximum atomic E-state index is 13.9. The summed E-state index contributed by atoms with van der Waals surface area (Å²) >= 11 is 6.43. The molecule has 0 aromatic heterocycles. The number of carbonyl (C=O) groups excluding carboxylic acids is 3. The summed E-state index contributed by atoms with van der Waals surface area (Å²) in [5.41, 5.74) is 1.37. The number of para-hydroxylation sites is 2. The van der Waals surface area contributed by atoms with Crippen LogP contribution in [0.25, 0.3) is 5.57 Å². The van der Waals surface area contributed by atoms with Crippen molar-refractivity contribution in [1.29, 1.82) is 0 Å². The highest BCUT2D eigenvalue weighted by molar-refractivity contribution is 8.26. The van der Waals surface area contributed by atoms with Crippen molar-refractivity contribution < 1.29 is 18.8 Å². The van der Waals surface area contributed by atoms with Gasteiger partial charge >= 0.3 is 0 Å². The van der Waals surface area contributed by atoms with E-state index in [9.17, 15) is 18.8 Å². The Bertz CT molecular complexity index is 1150. The molecule has 4 rings (SSSR count). The third kappa shape index (κ3) is 3.86. The molecule has 0 unspecified atom stereocenters. The lowest BCUT2D eigenvalue weighted by molar-refractivity contribution is -0.122. The van der Waals surface area contributed by atoms with E-state index in [4.69, 9.17) is 12.2 Å². The topological polar surface area (TPSA) is 69.7 Å². The van der Waals surface area contributed by atoms with Crippen molar-refractivity contribution in [2.24, 2.45) is 0 Å². The summed E-state index contributed by atoms with van der Waals surface area (Å²) < 4.78 is 14.3. The molecule has 2 aromatic rings. The first-order chi connectivity index (χ1) is 14.9. The highest BCUT2D eigenvalue weighted by Crippen LogP contribution is 2.44. The van der Waals surface area contributed by atoms with E-state index in [1.54, 1.807) is 30.3 Å². The minimum Gasteiger partial charge on any atom is -0.322 e. The zero-order valence-electron chi connectivity index (χ0n) is 16.6. The minimum absolute atomic E-state index is 0.0353. The number of fused-ring (bicyclic) bond motifs is 1. The predicted octanol–water partition coefficient (Wildman–Crippen LogP) is 3.79. The molecule has 1 saturated heterocycles. The molecule has 2 aliphatic heterocycles. The number of thiocarbonyl (C=S) groups is 1. The van der Waals surface area contributed by atoms with Crippen LogP contribution in [-0.4, -0.2) is 40.0 Å². The number of hydrogen-bond donors (Lipinski definition) is 1. The first kappa shape index (κ1) is 21.2. The Balaban J connectivity index is 1.66. The van der Waals surface area contributed by atoms with Gasteiger partial charge in [-0.2, -0.15) is 0 Å². The van der Waals surface area contributed by atoms with E-state index in [1.807, 2.05) is 6.92 Å². The van der Waals surface area contributed by atoms with Crippen molar-refractivity contribution in [2.75, 3.05) is 23.3 Å². The van der Waals surface area contributed by atoms with E-state index in [0.29, 0.717) is 22.1 Å². The van der Waals surface area contributed by atoms with Gasteiger partial charge in [0.15, 0.2) is 0 Å². The van der Waals surface area contributed by atoms with Crippen molar-refractivity contribution in [2.45, 2.75) is 13.3 Å². The number of anilines is 2. The number of amides is 3. The molecule has 0 bridgehead atoms. The first-order valence-electron chi connectivity index (χ1n) is 9.66. The van der Waals surface area contributed by atoms with Crippen LogP contribution >= 0.6 is 24.0 Å². The molecule has 1 N–H and O–H groups in total. The Morgan fingerprint density at radius 1 is 1.06 bits per heavy atom. The van der Waals surface area contributed by atoms with Crippen molar-refractivity contribution in [3.05, 3.63) is 64.8 Å². The first-order valence-corrected chi connectivity index (χ1v) is 10.9. The standard InChI is InChI=1S/C22H18FN3O3S2/c1-2-11-25-21(29)19(31-22(25)30)18-13-7-3-6-10-16(13)26(20(18)28)12-17(27)24-15-9-5-4-8-14(15)23/h3-10H,2,11-12H2,1H3,(H,24,27)/b19-18+. The molecule has 9 heteroatoms. The number of benzene rings is 2. The summed E-state index contributed by atoms with van der Waals surface area (Å²) in [6.07, 6.45) is 0.738. The maximum absolute atomic E-state index is 13.9. The molecule has 0 saturated carbocycles. The second kappa shape index (κ2) is 8.60. The molecule has 31 heavy (non-hydrogen) atoms. The van der Waals surface area contributed by atoms with Crippen LogP contribution in [0, 0.1) is 5.82 Å². The number of halogens is 1. The lowest BCUT2D eigenvalue weighted by Gasteiger charge is -2.17. The fraction of sp³-hybridized carbons (Fsp3) is 0.182. The Labute approximate surface area is 188 Å². The molecule has 3 amide bonds. The highest BCUT2D eigenvalue weighted by Gasteiger charge is 2.42. The zero-order valence-corrected chi connectivity index (χ0v) is 18.2. The average molecular weight is 456 g/mol. The van der Waals surface area contributed by atoms with E-state index < -0.39 is 17.6 Å². The Hall–Kier alpha value is -3.04. The lowest BCUT2D eigenvalue weighted by atomic mass is 10.1. The summed E-state index contributed by atoms with van der Waals surface area (Å²) in [7, 11) is 0. The van der Waals surface area contributed by atoms with Crippen LogP contribution in [-0.2, 0) is 14.4 Å². The Morgan fingerprint density at radius 3 is 2.52 bits per heavy atom. The quantitative estimate of drug-likeness (QED) is 0.549. The van der Waals surface area contributed by atoms with E-state index in [0.717, 1.165) is 18.2 Å². The zero-order chi connectivity index (χ0) is 22.1. The van der Waals surface area contributed by atoms with Gasteiger partial charge in [-0.05, 0) is 24.6 Å². The third-order valence-electron chi connectivity index (χ3n) is 4.90. The fourth-order valence-corrected chi connectivity index (χ4v) is 4.90. The van der Waals surface area contributed by atoms with Crippen LogP contribution in [0.1, 0.15) is 18.9 Å². The molecule has 158 valence electrons. The molecular formula is C22H18FN3O3S2. The molecule has 0 atom stereocenters. The second-order valence-electron chi connectivity index (χ2n) is 6.97. The van der Waals surface area contributed by atoms with Gasteiger partial charge in [-0.25, -0.2) is 4.39 Å². The summed E-state index contributed by atoms with van der Waals surface area (Å²) in [5.74, 6) is -1.87. The van der Waals surface area contributed by atoms with Crippen molar-refractivity contribution >= 4 is 63.0 Å². The van der Waals surface area contributed by atoms with Gasteiger partial charge in [0, 0.05) is 12.1 Å². The van der Waals surface area contributed by atoms with Crippen LogP contribution in [0.5, 0.6) is 0 Å². The normalized spacial score (nSPS) is 18.1. The maximum Gasteiger partial charge on any atom is 0.267 e. The Morgan fingerprint density at radius 2 is 1.77 bits per heavy atom. The van der Waals surface area contributed by atoms with Gasteiger partial charge in [0.05, 0.1) is 21.9 Å². The molecule has 1 fully saturated rings. The van der Waals surface area contributed by atoms with Gasteiger partial charge in [0.1, 0.15) is 16.7 Å². The summed E-state index contributed by atoms with van der Waals surface area (Å²) in [6, 6.07) is 12.8.